The molecule has 0 aromatic rings. The van der Waals surface area contributed by atoms with Crippen molar-refractivity contribution < 1.29 is 0 Å². The standard InChI is InChI=1S/C11H16/c1-4-7-8-10-11(6-3)9-5-2/h4-10H,1-3H3/b7-4-,9-5+,10-8-,11-6-. The number of allylic oxidation sites excluding steroid dienone is 8. The predicted molar refractivity (Wildman–Crippen MR) is 52.5 cm³/mol. The summed E-state index contributed by atoms with van der Waals surface area (Å²) >= 11 is 0. The molecule has 0 spiro atoms. The van der Waals surface area contributed by atoms with Crippen LogP contribution in [0, 0.1) is 0 Å². The molecule has 0 radical (unpaired) electrons. The molecule has 60 valence electrons. The van der Waals surface area contributed by atoms with E-state index >= 15 is 0 Å². The molecular formula is C11H16. The van der Waals surface area contributed by atoms with Gasteiger partial charge in [0.15, 0.2) is 0 Å². The third-order valence-electron chi connectivity index (χ3n) is 1.28. The highest BCUT2D eigenvalue weighted by molar-refractivity contribution is 5.31. The van der Waals surface area contributed by atoms with Crippen molar-refractivity contribution in [2.24, 2.45) is 0 Å². The summed E-state index contributed by atoms with van der Waals surface area (Å²) in [7, 11) is 0. The van der Waals surface area contributed by atoms with Gasteiger partial charge in [0.25, 0.3) is 0 Å². The van der Waals surface area contributed by atoms with Crippen molar-refractivity contribution in [2.45, 2.75) is 20.8 Å². The van der Waals surface area contributed by atoms with E-state index in [-0.39, 0.29) is 0 Å². The average Bonchev–Trinajstić information content (AvgIpc) is 2.03. The van der Waals surface area contributed by atoms with Gasteiger partial charge in [-0.25, -0.2) is 0 Å². The van der Waals surface area contributed by atoms with Crippen molar-refractivity contribution in [3.05, 3.63) is 48.1 Å². The van der Waals surface area contributed by atoms with Crippen LogP contribution >= 0.6 is 0 Å². The molecule has 0 aliphatic carbocycles. The van der Waals surface area contributed by atoms with Gasteiger partial charge in [0.1, 0.15) is 0 Å². The molecule has 0 bridgehead atoms. The highest BCUT2D eigenvalue weighted by Crippen LogP contribution is 1.98. The minimum atomic E-state index is 1.24. The summed E-state index contributed by atoms with van der Waals surface area (Å²) in [5.41, 5.74) is 1.24. The van der Waals surface area contributed by atoms with Gasteiger partial charge in [-0.15, -0.1) is 0 Å². The summed E-state index contributed by atoms with van der Waals surface area (Å²) in [6, 6.07) is 0. The molecule has 0 aliphatic heterocycles. The van der Waals surface area contributed by atoms with E-state index in [4.69, 9.17) is 0 Å². The highest BCUT2D eigenvalue weighted by Gasteiger charge is 1.77. The second-order valence-corrected chi connectivity index (χ2v) is 2.17. The Kier molecular flexibility index (Phi) is 6.40. The van der Waals surface area contributed by atoms with Crippen molar-refractivity contribution in [3.63, 3.8) is 0 Å². The molecule has 0 amide bonds. The summed E-state index contributed by atoms with van der Waals surface area (Å²) in [5.74, 6) is 0. The lowest BCUT2D eigenvalue weighted by Crippen LogP contribution is -1.67. The Bertz CT molecular complexity index is 190. The quantitative estimate of drug-likeness (QED) is 0.536. The van der Waals surface area contributed by atoms with Crippen molar-refractivity contribution in [2.75, 3.05) is 0 Å². The third-order valence-corrected chi connectivity index (χ3v) is 1.28. The van der Waals surface area contributed by atoms with Crippen LogP contribution in [0.4, 0.5) is 0 Å². The van der Waals surface area contributed by atoms with Crippen LogP contribution in [0.3, 0.4) is 0 Å². The van der Waals surface area contributed by atoms with Crippen LogP contribution in [-0.2, 0) is 0 Å². The Balaban J connectivity index is 4.09. The Morgan fingerprint density at radius 2 is 1.55 bits per heavy atom. The fourth-order valence-corrected chi connectivity index (χ4v) is 0.718. The molecule has 0 heteroatoms. The predicted octanol–water partition coefficient (Wildman–Crippen LogP) is 3.64. The van der Waals surface area contributed by atoms with Gasteiger partial charge in [-0.05, 0) is 26.3 Å². The lowest BCUT2D eigenvalue weighted by molar-refractivity contribution is 1.57. The fourth-order valence-electron chi connectivity index (χ4n) is 0.718. The Morgan fingerprint density at radius 3 is 2.00 bits per heavy atom. The van der Waals surface area contributed by atoms with E-state index in [1.165, 1.54) is 5.57 Å². The molecule has 0 rings (SSSR count). The lowest BCUT2D eigenvalue weighted by Gasteiger charge is -1.87. The molecule has 0 unspecified atom stereocenters. The molecule has 0 heterocycles. The molecule has 0 saturated heterocycles. The number of hydrogen-bond donors (Lipinski definition) is 0. The largest absolute Gasteiger partial charge is 0.0877 e. The highest BCUT2D eigenvalue weighted by atomic mass is 13.8. The zero-order valence-corrected chi connectivity index (χ0v) is 7.54. The van der Waals surface area contributed by atoms with Gasteiger partial charge >= 0.3 is 0 Å². The molecule has 0 aliphatic rings. The van der Waals surface area contributed by atoms with Crippen molar-refractivity contribution in [1.29, 1.82) is 0 Å². The zero-order valence-electron chi connectivity index (χ0n) is 7.54. The maximum Gasteiger partial charge on any atom is -0.0303 e. The molecule has 0 N–H and O–H groups in total. The van der Waals surface area contributed by atoms with E-state index in [9.17, 15) is 0 Å². The average molecular weight is 148 g/mol. The van der Waals surface area contributed by atoms with Crippen LogP contribution < -0.4 is 0 Å². The molecule has 0 aromatic heterocycles. The van der Waals surface area contributed by atoms with Crippen LogP contribution in [0.2, 0.25) is 0 Å². The van der Waals surface area contributed by atoms with Gasteiger partial charge in [0.2, 0.25) is 0 Å². The molecule has 0 aromatic carbocycles. The summed E-state index contributed by atoms with van der Waals surface area (Å²) in [5, 5.41) is 0. The van der Waals surface area contributed by atoms with E-state index in [1.807, 2.05) is 45.1 Å². The van der Waals surface area contributed by atoms with E-state index in [0.717, 1.165) is 0 Å². The van der Waals surface area contributed by atoms with Crippen LogP contribution in [-0.4, -0.2) is 0 Å². The van der Waals surface area contributed by atoms with Gasteiger partial charge in [0, 0.05) is 0 Å². The third kappa shape index (κ3) is 5.41. The monoisotopic (exact) mass is 148 g/mol. The van der Waals surface area contributed by atoms with Gasteiger partial charge in [-0.3, -0.25) is 0 Å². The summed E-state index contributed by atoms with van der Waals surface area (Å²) in [6.07, 6.45) is 14.4. The minimum absolute atomic E-state index is 1.24. The zero-order chi connectivity index (χ0) is 8.53. The van der Waals surface area contributed by atoms with Crippen LogP contribution in [0.25, 0.3) is 0 Å². The first-order chi connectivity index (χ1) is 5.35. The second-order valence-electron chi connectivity index (χ2n) is 2.17. The number of rotatable bonds is 3. The normalized spacial score (nSPS) is 14.3. The van der Waals surface area contributed by atoms with Gasteiger partial charge in [0.05, 0.1) is 0 Å². The molecule has 0 fully saturated rings. The summed E-state index contributed by atoms with van der Waals surface area (Å²) < 4.78 is 0. The van der Waals surface area contributed by atoms with Crippen molar-refractivity contribution in [3.8, 4) is 0 Å². The Labute approximate surface area is 69.6 Å². The fraction of sp³-hybridized carbons (Fsp3) is 0.273. The van der Waals surface area contributed by atoms with E-state index < -0.39 is 0 Å². The first kappa shape index (κ1) is 9.96. The van der Waals surface area contributed by atoms with Crippen LogP contribution in [0.5, 0.6) is 0 Å². The Morgan fingerprint density at radius 1 is 0.818 bits per heavy atom. The van der Waals surface area contributed by atoms with Crippen molar-refractivity contribution >= 4 is 0 Å². The first-order valence-electron chi connectivity index (χ1n) is 3.93. The van der Waals surface area contributed by atoms with E-state index in [2.05, 4.69) is 18.2 Å². The van der Waals surface area contributed by atoms with Gasteiger partial charge < -0.3 is 0 Å². The maximum atomic E-state index is 2.08. The van der Waals surface area contributed by atoms with E-state index in [0.29, 0.717) is 0 Å². The van der Waals surface area contributed by atoms with E-state index in [1.54, 1.807) is 0 Å². The molecule has 0 atom stereocenters. The summed E-state index contributed by atoms with van der Waals surface area (Å²) in [6.45, 7) is 6.07. The van der Waals surface area contributed by atoms with Gasteiger partial charge in [-0.1, -0.05) is 42.5 Å². The lowest BCUT2D eigenvalue weighted by atomic mass is 10.2. The maximum absolute atomic E-state index is 2.08. The SMILES string of the molecule is C\C=C/C=C\C(=C/C)\C=C\C. The van der Waals surface area contributed by atoms with Crippen LogP contribution in [0.1, 0.15) is 20.8 Å². The molecule has 0 saturated carbocycles. The van der Waals surface area contributed by atoms with Gasteiger partial charge in [-0.2, -0.15) is 0 Å². The molecule has 11 heavy (non-hydrogen) atoms. The Hall–Kier alpha value is -1.04. The summed E-state index contributed by atoms with van der Waals surface area (Å²) in [4.78, 5) is 0. The first-order valence-corrected chi connectivity index (χ1v) is 3.93. The van der Waals surface area contributed by atoms with Crippen molar-refractivity contribution in [1.82, 2.24) is 0 Å². The molecular weight excluding hydrogens is 132 g/mol. The second kappa shape index (κ2) is 7.07. The topological polar surface area (TPSA) is 0 Å². The minimum Gasteiger partial charge on any atom is -0.0877 e. The molecule has 0 nitrogen and oxygen atoms in total. The van der Waals surface area contributed by atoms with Crippen LogP contribution in [0.15, 0.2) is 48.1 Å². The number of hydrogen-bond acceptors (Lipinski definition) is 0. The smallest absolute Gasteiger partial charge is 0.0303 e.